The lowest BCUT2D eigenvalue weighted by atomic mass is 10.0. The van der Waals surface area contributed by atoms with Crippen molar-refractivity contribution in [1.82, 2.24) is 4.90 Å². The smallest absolute Gasteiger partial charge is 0.253 e. The summed E-state index contributed by atoms with van der Waals surface area (Å²) in [4.78, 5) is 27.2. The Labute approximate surface area is 173 Å². The van der Waals surface area contributed by atoms with E-state index in [4.69, 9.17) is 0 Å². The molecule has 0 aliphatic carbocycles. The van der Waals surface area contributed by atoms with Crippen LogP contribution in [-0.4, -0.2) is 36.3 Å². The number of hydrogen-bond donors (Lipinski definition) is 2. The summed E-state index contributed by atoms with van der Waals surface area (Å²) in [6, 6.07) is 15.3. The van der Waals surface area contributed by atoms with Crippen LogP contribution >= 0.6 is 0 Å². The number of benzene rings is 2. The normalized spacial score (nSPS) is 14.4. The van der Waals surface area contributed by atoms with E-state index in [0.29, 0.717) is 11.5 Å². The molecule has 2 amide bonds. The van der Waals surface area contributed by atoms with Crippen LogP contribution in [0.1, 0.15) is 61.4 Å². The third-order valence-corrected chi connectivity index (χ3v) is 5.31. The highest BCUT2D eigenvalue weighted by molar-refractivity contribution is 5.96. The Morgan fingerprint density at radius 3 is 2.41 bits per heavy atom. The van der Waals surface area contributed by atoms with Crippen LogP contribution in [0.2, 0.25) is 0 Å². The van der Waals surface area contributed by atoms with E-state index in [-0.39, 0.29) is 18.4 Å². The van der Waals surface area contributed by atoms with Crippen LogP contribution < -0.4 is 10.6 Å². The van der Waals surface area contributed by atoms with E-state index in [1.807, 2.05) is 53.4 Å². The Kier molecular flexibility index (Phi) is 7.28. The number of carbonyl (C=O) groups excluding carboxylic acids is 2. The number of hydrogen-bond acceptors (Lipinski definition) is 3. The molecule has 5 nitrogen and oxygen atoms in total. The highest BCUT2D eigenvalue weighted by Gasteiger charge is 2.17. The van der Waals surface area contributed by atoms with Crippen LogP contribution in [0.25, 0.3) is 0 Å². The number of rotatable bonds is 6. The first-order chi connectivity index (χ1) is 14.0. The molecular weight excluding hydrogens is 362 g/mol. The van der Waals surface area contributed by atoms with Crippen LogP contribution in [0.3, 0.4) is 0 Å². The van der Waals surface area contributed by atoms with Crippen molar-refractivity contribution in [2.75, 3.05) is 30.3 Å². The number of nitrogens with zero attached hydrogens (tertiary/aromatic N) is 1. The molecule has 29 heavy (non-hydrogen) atoms. The Hall–Kier alpha value is -2.82. The van der Waals surface area contributed by atoms with Gasteiger partial charge in [0.15, 0.2) is 0 Å². The molecule has 1 aliphatic rings. The molecule has 154 valence electrons. The van der Waals surface area contributed by atoms with Gasteiger partial charge >= 0.3 is 0 Å². The second-order valence-corrected chi connectivity index (χ2v) is 7.93. The van der Waals surface area contributed by atoms with Gasteiger partial charge in [-0.2, -0.15) is 0 Å². The molecule has 0 spiro atoms. The van der Waals surface area contributed by atoms with Gasteiger partial charge in [-0.1, -0.05) is 51.0 Å². The highest BCUT2D eigenvalue weighted by Crippen LogP contribution is 2.23. The molecule has 1 aliphatic heterocycles. The van der Waals surface area contributed by atoms with E-state index in [1.54, 1.807) is 0 Å². The summed E-state index contributed by atoms with van der Waals surface area (Å²) in [7, 11) is 0. The fourth-order valence-corrected chi connectivity index (χ4v) is 3.71. The van der Waals surface area contributed by atoms with Gasteiger partial charge in [-0.3, -0.25) is 9.59 Å². The molecule has 0 unspecified atom stereocenters. The highest BCUT2D eigenvalue weighted by atomic mass is 16.2. The van der Waals surface area contributed by atoms with Gasteiger partial charge in [-0.05, 0) is 48.6 Å². The van der Waals surface area contributed by atoms with E-state index >= 15 is 0 Å². The average Bonchev–Trinajstić information content (AvgIpc) is 3.02. The molecule has 1 saturated heterocycles. The fourth-order valence-electron chi connectivity index (χ4n) is 3.71. The summed E-state index contributed by atoms with van der Waals surface area (Å²) in [5.41, 5.74) is 3.41. The summed E-state index contributed by atoms with van der Waals surface area (Å²) in [6.45, 7) is 6.02. The van der Waals surface area contributed by atoms with Crippen molar-refractivity contribution >= 4 is 23.2 Å². The minimum atomic E-state index is -0.109. The number of para-hydroxylation sites is 1. The first kappa shape index (κ1) is 20.9. The van der Waals surface area contributed by atoms with Gasteiger partial charge in [0.25, 0.3) is 5.91 Å². The van der Waals surface area contributed by atoms with Crippen LogP contribution in [0.4, 0.5) is 11.4 Å². The van der Waals surface area contributed by atoms with E-state index in [2.05, 4.69) is 24.5 Å². The second kappa shape index (κ2) is 10.1. The molecule has 0 bridgehead atoms. The number of anilines is 2. The topological polar surface area (TPSA) is 61.4 Å². The molecule has 0 aromatic heterocycles. The monoisotopic (exact) mass is 393 g/mol. The van der Waals surface area contributed by atoms with E-state index in [0.717, 1.165) is 42.9 Å². The first-order valence-corrected chi connectivity index (χ1v) is 10.6. The standard InChI is InChI=1S/C24H31N3O2/c1-18(2)21-12-5-6-13-22(21)26-23(28)17-25-20-11-9-10-19(16-20)24(29)27-14-7-3-4-8-15-27/h5-6,9-13,16,18,25H,3-4,7-8,14-15,17H2,1-2H3,(H,26,28). The van der Waals surface area contributed by atoms with E-state index in [9.17, 15) is 9.59 Å². The lowest BCUT2D eigenvalue weighted by Gasteiger charge is -2.20. The van der Waals surface area contributed by atoms with Gasteiger partial charge in [0.2, 0.25) is 5.91 Å². The lowest BCUT2D eigenvalue weighted by molar-refractivity contribution is -0.114. The van der Waals surface area contributed by atoms with Gasteiger partial charge in [-0.25, -0.2) is 0 Å². The molecule has 1 heterocycles. The molecule has 0 radical (unpaired) electrons. The average molecular weight is 394 g/mol. The summed E-state index contributed by atoms with van der Waals surface area (Å²) in [5, 5.41) is 6.12. The molecule has 0 atom stereocenters. The Morgan fingerprint density at radius 2 is 1.69 bits per heavy atom. The van der Waals surface area contributed by atoms with E-state index in [1.165, 1.54) is 12.8 Å². The van der Waals surface area contributed by atoms with Gasteiger partial charge < -0.3 is 15.5 Å². The zero-order valence-corrected chi connectivity index (χ0v) is 17.4. The molecule has 2 aromatic rings. The molecule has 3 rings (SSSR count). The van der Waals surface area contributed by atoms with Gasteiger partial charge in [0.05, 0.1) is 6.54 Å². The van der Waals surface area contributed by atoms with Crippen LogP contribution in [0.5, 0.6) is 0 Å². The minimum absolute atomic E-state index is 0.0749. The second-order valence-electron chi connectivity index (χ2n) is 7.93. The largest absolute Gasteiger partial charge is 0.376 e. The van der Waals surface area contributed by atoms with Crippen LogP contribution in [0, 0.1) is 0 Å². The van der Waals surface area contributed by atoms with Gasteiger partial charge in [0.1, 0.15) is 0 Å². The van der Waals surface area contributed by atoms with Crippen LogP contribution in [0.15, 0.2) is 48.5 Å². The molecule has 1 fully saturated rings. The Morgan fingerprint density at radius 1 is 0.966 bits per heavy atom. The van der Waals surface area contributed by atoms with Gasteiger partial charge in [0, 0.05) is 30.0 Å². The molecule has 2 N–H and O–H groups in total. The maximum atomic E-state index is 12.8. The first-order valence-electron chi connectivity index (χ1n) is 10.6. The van der Waals surface area contributed by atoms with Crippen molar-refractivity contribution in [2.45, 2.75) is 45.4 Å². The zero-order chi connectivity index (χ0) is 20.6. The third-order valence-electron chi connectivity index (χ3n) is 5.31. The Bertz CT molecular complexity index is 840. The summed E-state index contributed by atoms with van der Waals surface area (Å²) >= 11 is 0. The quantitative estimate of drug-likeness (QED) is 0.735. The molecular formula is C24H31N3O2. The van der Waals surface area contributed by atoms with Crippen molar-refractivity contribution in [3.05, 3.63) is 59.7 Å². The number of carbonyl (C=O) groups is 2. The molecule has 5 heteroatoms. The fraction of sp³-hybridized carbons (Fsp3) is 0.417. The summed E-state index contributed by atoms with van der Waals surface area (Å²) in [5.74, 6) is 0.300. The summed E-state index contributed by atoms with van der Waals surface area (Å²) < 4.78 is 0. The van der Waals surface area contributed by atoms with Crippen LogP contribution in [-0.2, 0) is 4.79 Å². The lowest BCUT2D eigenvalue weighted by Crippen LogP contribution is -2.31. The number of amides is 2. The zero-order valence-electron chi connectivity index (χ0n) is 17.4. The third kappa shape index (κ3) is 5.83. The minimum Gasteiger partial charge on any atom is -0.376 e. The maximum Gasteiger partial charge on any atom is 0.253 e. The predicted octanol–water partition coefficient (Wildman–Crippen LogP) is 4.88. The van der Waals surface area contributed by atoms with Gasteiger partial charge in [-0.15, -0.1) is 0 Å². The molecule has 2 aromatic carbocycles. The SMILES string of the molecule is CC(C)c1ccccc1NC(=O)CNc1cccc(C(=O)N2CCCCCC2)c1. The van der Waals surface area contributed by atoms with E-state index < -0.39 is 0 Å². The summed E-state index contributed by atoms with van der Waals surface area (Å²) in [6.07, 6.45) is 4.53. The maximum absolute atomic E-state index is 12.8. The van der Waals surface area contributed by atoms with Crippen molar-refractivity contribution in [1.29, 1.82) is 0 Å². The van der Waals surface area contributed by atoms with Crippen molar-refractivity contribution in [3.63, 3.8) is 0 Å². The Balaban J connectivity index is 1.59. The predicted molar refractivity (Wildman–Crippen MR) is 118 cm³/mol. The van der Waals surface area contributed by atoms with Crippen molar-refractivity contribution in [3.8, 4) is 0 Å². The number of nitrogens with one attached hydrogen (secondary N) is 2. The van der Waals surface area contributed by atoms with Crippen molar-refractivity contribution in [2.24, 2.45) is 0 Å². The van der Waals surface area contributed by atoms with Crippen molar-refractivity contribution < 1.29 is 9.59 Å². The number of likely N-dealkylation sites (tertiary alicyclic amines) is 1. The molecule has 0 saturated carbocycles.